The summed E-state index contributed by atoms with van der Waals surface area (Å²) in [6.07, 6.45) is 3.30. The molecule has 1 amide bonds. The number of nitrogens with zero attached hydrogens (tertiary/aromatic N) is 4. The summed E-state index contributed by atoms with van der Waals surface area (Å²) in [6, 6.07) is 7.90. The molecule has 0 radical (unpaired) electrons. The highest BCUT2D eigenvalue weighted by molar-refractivity contribution is 5.97. The van der Waals surface area contributed by atoms with Gasteiger partial charge in [0.05, 0.1) is 17.0 Å². The van der Waals surface area contributed by atoms with E-state index in [0.29, 0.717) is 12.1 Å². The zero-order valence-electron chi connectivity index (χ0n) is 17.1. The van der Waals surface area contributed by atoms with Crippen LogP contribution in [-0.2, 0) is 14.1 Å². The maximum atomic E-state index is 13.3. The first kappa shape index (κ1) is 19.1. The second-order valence-corrected chi connectivity index (χ2v) is 7.80. The molecule has 150 valence electrons. The van der Waals surface area contributed by atoms with E-state index in [1.807, 2.05) is 4.90 Å². The molecule has 1 aliphatic rings. The van der Waals surface area contributed by atoms with Gasteiger partial charge in [-0.05, 0) is 49.4 Å². The maximum Gasteiger partial charge on any atom is 0.332 e. The van der Waals surface area contributed by atoms with Gasteiger partial charge in [0.25, 0.3) is 11.5 Å². The topological polar surface area (TPSA) is 77.2 Å². The molecule has 0 saturated carbocycles. The Labute approximate surface area is 168 Å². The number of likely N-dealkylation sites (tertiary alicyclic amines) is 1. The molecule has 1 aliphatic heterocycles. The van der Waals surface area contributed by atoms with Crippen LogP contribution in [-0.4, -0.2) is 31.5 Å². The number of carbonyl (C=O) groups excluding carboxylic acids is 1. The molecule has 29 heavy (non-hydrogen) atoms. The van der Waals surface area contributed by atoms with Gasteiger partial charge in [-0.1, -0.05) is 18.2 Å². The molecular formula is C22H24N4O3. The summed E-state index contributed by atoms with van der Waals surface area (Å²) in [5, 5.41) is 0.266. The van der Waals surface area contributed by atoms with E-state index in [2.05, 4.69) is 37.0 Å². The second-order valence-electron chi connectivity index (χ2n) is 7.80. The summed E-state index contributed by atoms with van der Waals surface area (Å²) in [7, 11) is 2.99. The van der Waals surface area contributed by atoms with Gasteiger partial charge in [0.1, 0.15) is 5.65 Å². The Hall–Kier alpha value is -3.22. The van der Waals surface area contributed by atoms with Crippen molar-refractivity contribution in [1.29, 1.82) is 0 Å². The highest BCUT2D eigenvalue weighted by Gasteiger charge is 2.31. The number of benzene rings is 1. The monoisotopic (exact) mass is 392 g/mol. The number of hydrogen-bond acceptors (Lipinski definition) is 4. The Balaban J connectivity index is 1.75. The lowest BCUT2D eigenvalue weighted by atomic mass is 9.99. The number of aryl methyl sites for hydroxylation is 3. The van der Waals surface area contributed by atoms with Gasteiger partial charge in [-0.15, -0.1) is 0 Å². The lowest BCUT2D eigenvalue weighted by molar-refractivity contribution is 0.0735. The van der Waals surface area contributed by atoms with E-state index in [0.717, 1.165) is 23.0 Å². The van der Waals surface area contributed by atoms with Gasteiger partial charge in [0.2, 0.25) is 0 Å². The zero-order valence-corrected chi connectivity index (χ0v) is 17.1. The fourth-order valence-electron chi connectivity index (χ4n) is 4.08. The Morgan fingerprint density at radius 3 is 2.55 bits per heavy atom. The average Bonchev–Trinajstić information content (AvgIpc) is 3.21. The van der Waals surface area contributed by atoms with Crippen molar-refractivity contribution in [3.8, 4) is 0 Å². The summed E-state index contributed by atoms with van der Waals surface area (Å²) < 4.78 is 2.35. The van der Waals surface area contributed by atoms with E-state index in [1.54, 1.807) is 13.1 Å². The number of hydrogen-bond donors (Lipinski definition) is 0. The van der Waals surface area contributed by atoms with Crippen LogP contribution in [0.3, 0.4) is 0 Å². The largest absolute Gasteiger partial charge is 0.332 e. The molecule has 4 rings (SSSR count). The first-order valence-corrected chi connectivity index (χ1v) is 9.73. The summed E-state index contributed by atoms with van der Waals surface area (Å²) in [6.45, 7) is 4.82. The van der Waals surface area contributed by atoms with Gasteiger partial charge in [-0.3, -0.25) is 18.7 Å². The predicted octanol–water partition coefficient (Wildman–Crippen LogP) is 2.23. The van der Waals surface area contributed by atoms with Crippen molar-refractivity contribution in [3.63, 3.8) is 0 Å². The van der Waals surface area contributed by atoms with Crippen molar-refractivity contribution in [1.82, 2.24) is 19.0 Å². The first-order chi connectivity index (χ1) is 13.8. The Bertz CT molecular complexity index is 1260. The van der Waals surface area contributed by atoms with Crippen molar-refractivity contribution in [2.75, 3.05) is 6.54 Å². The van der Waals surface area contributed by atoms with Crippen LogP contribution in [0.15, 0.2) is 40.1 Å². The van der Waals surface area contributed by atoms with Crippen molar-refractivity contribution < 1.29 is 4.79 Å². The van der Waals surface area contributed by atoms with Gasteiger partial charge in [0.15, 0.2) is 0 Å². The molecule has 0 aliphatic carbocycles. The molecule has 0 N–H and O–H groups in total. The number of amides is 1. The standard InChI is InChI=1S/C22H24N4O3/c1-13-7-8-15(10-14(13)2)18-6-5-9-26(18)20(27)16-11-17-19(23-12-16)24(3)22(29)25(4)21(17)28/h7-8,10-12,18H,5-6,9H2,1-4H3. The van der Waals surface area contributed by atoms with E-state index in [1.165, 1.54) is 28.9 Å². The molecule has 1 unspecified atom stereocenters. The van der Waals surface area contributed by atoms with Gasteiger partial charge in [-0.25, -0.2) is 9.78 Å². The van der Waals surface area contributed by atoms with Gasteiger partial charge in [0, 0.05) is 26.8 Å². The van der Waals surface area contributed by atoms with Gasteiger partial charge < -0.3 is 4.90 Å². The molecule has 1 atom stereocenters. The smallest absolute Gasteiger partial charge is 0.332 e. The second kappa shape index (κ2) is 6.99. The summed E-state index contributed by atoms with van der Waals surface area (Å²) in [5.41, 5.74) is 3.32. The quantitative estimate of drug-likeness (QED) is 0.670. The molecule has 3 aromatic rings. The first-order valence-electron chi connectivity index (χ1n) is 9.73. The van der Waals surface area contributed by atoms with Crippen LogP contribution < -0.4 is 11.2 Å². The normalized spacial score (nSPS) is 16.6. The molecule has 3 heterocycles. The Morgan fingerprint density at radius 2 is 1.83 bits per heavy atom. The number of pyridine rings is 1. The average molecular weight is 392 g/mol. The molecule has 0 bridgehead atoms. The predicted molar refractivity (Wildman–Crippen MR) is 111 cm³/mol. The fraction of sp³-hybridized carbons (Fsp3) is 0.364. The minimum Gasteiger partial charge on any atom is -0.332 e. The highest BCUT2D eigenvalue weighted by Crippen LogP contribution is 2.34. The molecule has 2 aromatic heterocycles. The maximum absolute atomic E-state index is 13.3. The van der Waals surface area contributed by atoms with Crippen LogP contribution in [0.4, 0.5) is 0 Å². The van der Waals surface area contributed by atoms with Crippen molar-refractivity contribution in [2.24, 2.45) is 14.1 Å². The Morgan fingerprint density at radius 1 is 1.07 bits per heavy atom. The molecule has 1 fully saturated rings. The minimum atomic E-state index is -0.447. The van der Waals surface area contributed by atoms with E-state index < -0.39 is 11.2 Å². The molecular weight excluding hydrogens is 368 g/mol. The van der Waals surface area contributed by atoms with Gasteiger partial charge >= 0.3 is 5.69 Å². The van der Waals surface area contributed by atoms with Crippen LogP contribution in [0, 0.1) is 13.8 Å². The number of aromatic nitrogens is 3. The number of carbonyl (C=O) groups is 1. The summed E-state index contributed by atoms with van der Waals surface area (Å²) in [5.74, 6) is -0.143. The van der Waals surface area contributed by atoms with Crippen LogP contribution >= 0.6 is 0 Å². The number of fused-ring (bicyclic) bond motifs is 1. The molecule has 1 saturated heterocycles. The zero-order chi connectivity index (χ0) is 20.9. The van der Waals surface area contributed by atoms with E-state index in [4.69, 9.17) is 0 Å². The van der Waals surface area contributed by atoms with Crippen LogP contribution in [0.5, 0.6) is 0 Å². The summed E-state index contributed by atoms with van der Waals surface area (Å²) >= 11 is 0. The Kier molecular flexibility index (Phi) is 4.61. The third kappa shape index (κ3) is 3.06. The number of rotatable bonds is 2. The van der Waals surface area contributed by atoms with E-state index >= 15 is 0 Å². The third-order valence-corrected chi connectivity index (χ3v) is 5.97. The van der Waals surface area contributed by atoms with Crippen LogP contribution in [0.1, 0.15) is 45.9 Å². The lowest BCUT2D eigenvalue weighted by Gasteiger charge is -2.26. The molecule has 1 aromatic carbocycles. The van der Waals surface area contributed by atoms with Crippen molar-refractivity contribution >= 4 is 16.9 Å². The third-order valence-electron chi connectivity index (χ3n) is 5.97. The SMILES string of the molecule is Cc1ccc(C2CCCN2C(=O)c2cnc3c(c2)c(=O)n(C)c(=O)n3C)cc1C. The molecule has 0 spiro atoms. The molecule has 7 nitrogen and oxygen atoms in total. The lowest BCUT2D eigenvalue weighted by Crippen LogP contribution is -2.37. The van der Waals surface area contributed by atoms with Crippen LogP contribution in [0.2, 0.25) is 0 Å². The summed E-state index contributed by atoms with van der Waals surface area (Å²) in [4.78, 5) is 44.0. The van der Waals surface area contributed by atoms with E-state index in [-0.39, 0.29) is 23.0 Å². The highest BCUT2D eigenvalue weighted by atomic mass is 16.2. The minimum absolute atomic E-state index is 0.0143. The van der Waals surface area contributed by atoms with Crippen molar-refractivity contribution in [3.05, 3.63) is 73.6 Å². The van der Waals surface area contributed by atoms with Gasteiger partial charge in [-0.2, -0.15) is 0 Å². The molecule has 7 heteroatoms. The fourth-order valence-corrected chi connectivity index (χ4v) is 4.08. The van der Waals surface area contributed by atoms with E-state index in [9.17, 15) is 14.4 Å². The van der Waals surface area contributed by atoms with Crippen molar-refractivity contribution in [2.45, 2.75) is 32.7 Å². The van der Waals surface area contributed by atoms with Crippen LogP contribution in [0.25, 0.3) is 11.0 Å².